The van der Waals surface area contributed by atoms with E-state index >= 15 is 0 Å². The molecular weight excluding hydrogens is 659 g/mol. The maximum atomic E-state index is 13.1. The molecule has 304 valence electrons. The molecule has 0 aromatic rings. The predicted molar refractivity (Wildman–Crippen MR) is 227 cm³/mol. The molecule has 0 rings (SSSR count). The number of aliphatic hydroxyl groups is 2. The van der Waals surface area contributed by atoms with Crippen LogP contribution in [0, 0.1) is 0 Å². The molecular formula is C47H81NO5. The van der Waals surface area contributed by atoms with E-state index in [0.29, 0.717) is 19.3 Å². The quantitative estimate of drug-likeness (QED) is 0.0255. The summed E-state index contributed by atoms with van der Waals surface area (Å²) in [6, 6.07) is -0.724. The van der Waals surface area contributed by atoms with Crippen LogP contribution < -0.4 is 5.32 Å². The van der Waals surface area contributed by atoms with Crippen LogP contribution in [0.4, 0.5) is 0 Å². The number of carbonyl (C=O) groups excluding carboxylic acids is 2. The molecule has 0 bridgehead atoms. The fourth-order valence-corrected chi connectivity index (χ4v) is 6.11. The van der Waals surface area contributed by atoms with Crippen LogP contribution in [0.1, 0.15) is 188 Å². The van der Waals surface area contributed by atoms with Gasteiger partial charge in [0.05, 0.1) is 25.2 Å². The smallest absolute Gasteiger partial charge is 0.306 e. The average molecular weight is 740 g/mol. The van der Waals surface area contributed by atoms with Crippen LogP contribution in [-0.2, 0) is 14.3 Å². The Kier molecular flexibility index (Phi) is 38.4. The van der Waals surface area contributed by atoms with Crippen molar-refractivity contribution >= 4 is 11.9 Å². The fraction of sp³-hybridized carbons (Fsp3) is 0.702. The lowest BCUT2D eigenvalue weighted by Gasteiger charge is -2.24. The van der Waals surface area contributed by atoms with Crippen molar-refractivity contribution in [2.45, 2.75) is 206 Å². The first-order chi connectivity index (χ1) is 26.0. The second-order valence-corrected chi connectivity index (χ2v) is 14.5. The van der Waals surface area contributed by atoms with E-state index in [9.17, 15) is 19.8 Å². The third kappa shape index (κ3) is 36.1. The maximum absolute atomic E-state index is 13.1. The number of allylic oxidation sites excluding steroid dienone is 12. The molecule has 3 unspecified atom stereocenters. The van der Waals surface area contributed by atoms with E-state index in [4.69, 9.17) is 4.74 Å². The van der Waals surface area contributed by atoms with Crippen LogP contribution in [0.25, 0.3) is 0 Å². The van der Waals surface area contributed by atoms with Crippen molar-refractivity contribution in [2.75, 3.05) is 6.61 Å². The number of esters is 1. The van der Waals surface area contributed by atoms with Crippen molar-refractivity contribution in [1.29, 1.82) is 0 Å². The van der Waals surface area contributed by atoms with Crippen LogP contribution >= 0.6 is 0 Å². The number of hydrogen-bond donors (Lipinski definition) is 3. The summed E-state index contributed by atoms with van der Waals surface area (Å²) in [6.07, 6.45) is 49.7. The number of hydrogen-bond acceptors (Lipinski definition) is 5. The van der Waals surface area contributed by atoms with Crippen molar-refractivity contribution in [3.63, 3.8) is 0 Å². The summed E-state index contributed by atoms with van der Waals surface area (Å²) in [7, 11) is 0. The molecule has 0 aliphatic heterocycles. The lowest BCUT2D eigenvalue weighted by molar-refractivity contribution is -0.151. The number of rotatable bonds is 37. The summed E-state index contributed by atoms with van der Waals surface area (Å²) in [4.78, 5) is 25.9. The van der Waals surface area contributed by atoms with Crippen LogP contribution in [0.3, 0.4) is 0 Å². The summed E-state index contributed by atoms with van der Waals surface area (Å²) >= 11 is 0. The van der Waals surface area contributed by atoms with Gasteiger partial charge in [0.1, 0.15) is 6.10 Å². The van der Waals surface area contributed by atoms with Gasteiger partial charge in [0.15, 0.2) is 0 Å². The van der Waals surface area contributed by atoms with Crippen molar-refractivity contribution in [3.8, 4) is 0 Å². The molecule has 3 N–H and O–H groups in total. The van der Waals surface area contributed by atoms with Gasteiger partial charge < -0.3 is 20.3 Å². The number of amides is 1. The Morgan fingerprint density at radius 3 is 1.62 bits per heavy atom. The minimum absolute atomic E-state index is 0.0248. The van der Waals surface area contributed by atoms with Crippen molar-refractivity contribution in [1.82, 2.24) is 5.32 Å². The maximum Gasteiger partial charge on any atom is 0.306 e. The highest BCUT2D eigenvalue weighted by Crippen LogP contribution is 2.16. The minimum atomic E-state index is -0.806. The first kappa shape index (κ1) is 50.3. The molecule has 0 aromatic heterocycles. The van der Waals surface area contributed by atoms with E-state index in [1.54, 1.807) is 0 Å². The highest BCUT2D eigenvalue weighted by molar-refractivity contribution is 5.77. The zero-order valence-electron chi connectivity index (χ0n) is 34.4. The number of ether oxygens (including phenoxy) is 1. The third-order valence-corrected chi connectivity index (χ3v) is 9.40. The van der Waals surface area contributed by atoms with Crippen LogP contribution in [0.5, 0.6) is 0 Å². The largest absolute Gasteiger partial charge is 0.462 e. The van der Waals surface area contributed by atoms with Crippen LogP contribution in [0.2, 0.25) is 0 Å². The van der Waals surface area contributed by atoms with E-state index in [1.165, 1.54) is 83.5 Å². The van der Waals surface area contributed by atoms with Gasteiger partial charge in [-0.2, -0.15) is 0 Å². The Labute approximate surface area is 326 Å². The Morgan fingerprint density at radius 1 is 0.566 bits per heavy atom. The first-order valence-electron chi connectivity index (χ1n) is 21.7. The van der Waals surface area contributed by atoms with Gasteiger partial charge in [-0.3, -0.25) is 9.59 Å². The molecule has 3 atom stereocenters. The van der Waals surface area contributed by atoms with Gasteiger partial charge in [-0.1, -0.05) is 190 Å². The summed E-state index contributed by atoms with van der Waals surface area (Å²) in [5.74, 6) is -0.601. The predicted octanol–water partition coefficient (Wildman–Crippen LogP) is 12.3. The Morgan fingerprint density at radius 2 is 1.06 bits per heavy atom. The molecule has 0 radical (unpaired) electrons. The van der Waals surface area contributed by atoms with E-state index < -0.39 is 18.2 Å². The number of unbranched alkanes of at least 4 members (excludes halogenated alkanes) is 17. The van der Waals surface area contributed by atoms with Crippen molar-refractivity contribution in [3.05, 3.63) is 72.9 Å². The molecule has 53 heavy (non-hydrogen) atoms. The molecule has 0 heterocycles. The minimum Gasteiger partial charge on any atom is -0.462 e. The van der Waals surface area contributed by atoms with Crippen molar-refractivity contribution in [2.24, 2.45) is 0 Å². The van der Waals surface area contributed by atoms with Gasteiger partial charge in [-0.05, 0) is 57.8 Å². The van der Waals surface area contributed by atoms with Crippen LogP contribution in [-0.4, -0.2) is 46.9 Å². The van der Waals surface area contributed by atoms with Gasteiger partial charge >= 0.3 is 5.97 Å². The lowest BCUT2D eigenvalue weighted by Crippen LogP contribution is -2.46. The molecule has 0 aromatic carbocycles. The normalized spacial score (nSPS) is 14.1. The Hall–Kier alpha value is -2.70. The topological polar surface area (TPSA) is 95.9 Å². The summed E-state index contributed by atoms with van der Waals surface area (Å²) < 4.78 is 5.83. The second-order valence-electron chi connectivity index (χ2n) is 14.5. The van der Waals surface area contributed by atoms with Gasteiger partial charge in [0.25, 0.3) is 0 Å². The average Bonchev–Trinajstić information content (AvgIpc) is 3.15. The third-order valence-electron chi connectivity index (χ3n) is 9.40. The number of nitrogens with one attached hydrogen (secondary N) is 1. The van der Waals surface area contributed by atoms with E-state index in [1.807, 2.05) is 54.7 Å². The standard InChI is InChI=1S/C47H81NO5/c1-4-7-10-13-16-19-22-23-25-28-31-34-37-40-47(52)53-43(38-35-32-29-26-24-20-17-14-11-8-5-2)41-46(51)48-44(42-49)45(50)39-36-33-30-27-21-18-15-12-9-6-3/h7,10,13,16,19,22-23,25-26,28-29,31,43-45,49-50H,4-6,8-9,11-12,14-15,17-18,20-21,24,27,30,32-42H2,1-3H3,(H,48,51)/b10-7+,16-13+,22-19-,25-23-,29-26-,31-28+. The Balaban J connectivity index is 4.78. The number of aliphatic hydroxyl groups excluding tert-OH is 2. The monoisotopic (exact) mass is 740 g/mol. The zero-order chi connectivity index (χ0) is 38.9. The molecule has 0 aliphatic carbocycles. The number of carbonyl (C=O) groups is 2. The highest BCUT2D eigenvalue weighted by atomic mass is 16.5. The SMILES string of the molecule is CC/C=C/C=C/C=C\C=C/C=C/CCCC(=O)OC(CCC/C=C\CCCCCCCC)CC(=O)NC(CO)C(O)CCCCCCCCCCCC. The van der Waals surface area contributed by atoms with Crippen LogP contribution in [0.15, 0.2) is 72.9 Å². The summed E-state index contributed by atoms with van der Waals surface area (Å²) in [5.41, 5.74) is 0. The fourth-order valence-electron chi connectivity index (χ4n) is 6.11. The lowest BCUT2D eigenvalue weighted by atomic mass is 10.0. The van der Waals surface area contributed by atoms with Gasteiger partial charge in [-0.15, -0.1) is 0 Å². The second kappa shape index (κ2) is 40.5. The molecule has 0 spiro atoms. The molecule has 0 aliphatic rings. The summed E-state index contributed by atoms with van der Waals surface area (Å²) in [6.45, 7) is 6.26. The molecule has 6 heteroatoms. The van der Waals surface area contributed by atoms with Crippen molar-refractivity contribution < 1.29 is 24.5 Å². The molecule has 1 amide bonds. The Bertz CT molecular complexity index is 1010. The van der Waals surface area contributed by atoms with Gasteiger partial charge in [0, 0.05) is 6.42 Å². The van der Waals surface area contributed by atoms with E-state index in [-0.39, 0.29) is 31.3 Å². The molecule has 0 saturated carbocycles. The zero-order valence-corrected chi connectivity index (χ0v) is 34.4. The highest BCUT2D eigenvalue weighted by Gasteiger charge is 2.23. The molecule has 0 fully saturated rings. The molecule has 6 nitrogen and oxygen atoms in total. The first-order valence-corrected chi connectivity index (χ1v) is 21.7. The van der Waals surface area contributed by atoms with Gasteiger partial charge in [0.2, 0.25) is 5.91 Å². The van der Waals surface area contributed by atoms with E-state index in [0.717, 1.165) is 51.4 Å². The summed E-state index contributed by atoms with van der Waals surface area (Å²) in [5, 5.41) is 23.5. The molecule has 0 saturated heterocycles. The van der Waals surface area contributed by atoms with Gasteiger partial charge in [-0.25, -0.2) is 0 Å². The van der Waals surface area contributed by atoms with E-state index in [2.05, 4.69) is 44.3 Å².